The van der Waals surface area contributed by atoms with Gasteiger partial charge in [-0.25, -0.2) is 0 Å². The van der Waals surface area contributed by atoms with Crippen LogP contribution in [0.4, 0.5) is 0 Å². The van der Waals surface area contributed by atoms with E-state index in [1.165, 1.54) is 16.7 Å². The molecule has 7 heteroatoms. The molecule has 0 saturated carbocycles. The van der Waals surface area contributed by atoms with Gasteiger partial charge in [-0.3, -0.25) is 0 Å². The Hall–Kier alpha value is -4.97. The van der Waals surface area contributed by atoms with E-state index in [0.29, 0.717) is 17.2 Å². The molecule has 0 bridgehead atoms. The van der Waals surface area contributed by atoms with Crippen LogP contribution in [-0.4, -0.2) is 30.0 Å². The predicted octanol–water partition coefficient (Wildman–Crippen LogP) is 8.37. The van der Waals surface area contributed by atoms with Gasteiger partial charge in [-0.15, -0.1) is 0 Å². The lowest BCUT2D eigenvalue weighted by Crippen LogP contribution is -1.74. The average molecular weight is 593 g/mol. The lowest BCUT2D eigenvalue weighted by molar-refractivity contribution is 0.368. The summed E-state index contributed by atoms with van der Waals surface area (Å²) in [5.41, 5.74) is 6.88. The summed E-state index contributed by atoms with van der Waals surface area (Å²) in [4.78, 5) is 21.7. The molecule has 218 valence electrons. The fourth-order valence-corrected chi connectivity index (χ4v) is 3.85. The van der Waals surface area contributed by atoms with Crippen molar-refractivity contribution in [2.24, 2.45) is 0 Å². The summed E-state index contributed by atoms with van der Waals surface area (Å²) in [6, 6.07) is 51.9. The van der Waals surface area contributed by atoms with Crippen LogP contribution in [0.3, 0.4) is 0 Å². The van der Waals surface area contributed by atoms with E-state index in [0.717, 1.165) is 16.7 Å². The molecule has 0 aliphatic heterocycles. The van der Waals surface area contributed by atoms with Gasteiger partial charge in [0.1, 0.15) is 17.2 Å². The molecule has 0 atom stereocenters. The highest BCUT2D eigenvalue weighted by Gasteiger charge is 1.97. The van der Waals surface area contributed by atoms with Crippen molar-refractivity contribution in [1.29, 1.82) is 0 Å². The number of aromatic hydroxyl groups is 3. The molecule has 0 heterocycles. The van der Waals surface area contributed by atoms with Gasteiger partial charge in [-0.1, -0.05) is 127 Å². The number of rotatable bonds is 3. The summed E-state index contributed by atoms with van der Waals surface area (Å²) < 4.78 is 0. The molecule has 6 N–H and O–H groups in total. The van der Waals surface area contributed by atoms with Crippen LogP contribution in [0, 0.1) is 0 Å². The summed E-state index contributed by atoms with van der Waals surface area (Å²) >= 11 is 0. The Morgan fingerprint density at radius 1 is 0.256 bits per heavy atom. The highest BCUT2D eigenvalue weighted by atomic mass is 31.2. The van der Waals surface area contributed by atoms with Crippen LogP contribution in [0.1, 0.15) is 0 Å². The Labute approximate surface area is 252 Å². The molecule has 0 unspecified atom stereocenters. The average Bonchev–Trinajstić information content (AvgIpc) is 3.04. The maximum Gasteiger partial charge on any atom is 0.324 e. The van der Waals surface area contributed by atoms with Crippen LogP contribution in [-0.2, 0) is 0 Å². The zero-order chi connectivity index (χ0) is 30.9. The van der Waals surface area contributed by atoms with Gasteiger partial charge >= 0.3 is 8.60 Å². The fraction of sp³-hybridized carbons (Fsp3) is 0. The molecule has 0 aromatic heterocycles. The van der Waals surface area contributed by atoms with E-state index < -0.39 is 8.60 Å². The van der Waals surface area contributed by atoms with Crippen molar-refractivity contribution >= 4 is 8.60 Å². The summed E-state index contributed by atoms with van der Waals surface area (Å²) in [6.45, 7) is 0. The van der Waals surface area contributed by atoms with Crippen molar-refractivity contribution in [3.8, 4) is 50.6 Å². The van der Waals surface area contributed by atoms with Crippen molar-refractivity contribution < 1.29 is 30.0 Å². The molecule has 43 heavy (non-hydrogen) atoms. The van der Waals surface area contributed by atoms with Crippen molar-refractivity contribution in [3.05, 3.63) is 164 Å². The molecular formula is C36H33O6P. The van der Waals surface area contributed by atoms with Crippen LogP contribution in [0.5, 0.6) is 17.2 Å². The molecular weight excluding hydrogens is 559 g/mol. The highest BCUT2D eigenvalue weighted by molar-refractivity contribution is 7.38. The number of benzene rings is 6. The number of hydrogen-bond acceptors (Lipinski definition) is 6. The SMILES string of the molecule is OP(O)O.Oc1ccc(-c2ccccc2)cc1.Oc1ccc(-c2ccccc2)cc1.Oc1ccc(-c2ccccc2)cc1. The minimum Gasteiger partial charge on any atom is -0.508 e. The largest absolute Gasteiger partial charge is 0.508 e. The minimum atomic E-state index is -2.62. The van der Waals surface area contributed by atoms with Gasteiger partial charge in [-0.05, 0) is 69.8 Å². The monoisotopic (exact) mass is 592 g/mol. The molecule has 0 aliphatic carbocycles. The van der Waals surface area contributed by atoms with Crippen LogP contribution >= 0.6 is 8.60 Å². The van der Waals surface area contributed by atoms with Crippen LogP contribution in [0.15, 0.2) is 164 Å². The third kappa shape index (κ3) is 12.2. The van der Waals surface area contributed by atoms with E-state index in [1.54, 1.807) is 36.4 Å². The summed E-state index contributed by atoms with van der Waals surface area (Å²) in [7, 11) is -2.62. The third-order valence-corrected chi connectivity index (χ3v) is 5.92. The highest BCUT2D eigenvalue weighted by Crippen LogP contribution is 2.23. The van der Waals surface area contributed by atoms with Gasteiger partial charge in [0, 0.05) is 0 Å². The lowest BCUT2D eigenvalue weighted by atomic mass is 10.1. The van der Waals surface area contributed by atoms with E-state index in [4.69, 9.17) is 30.0 Å². The lowest BCUT2D eigenvalue weighted by Gasteiger charge is -2.00. The number of phenolic OH excluding ortho intramolecular Hbond substituents is 3. The van der Waals surface area contributed by atoms with Crippen molar-refractivity contribution in [2.45, 2.75) is 0 Å². The number of hydrogen-bond donors (Lipinski definition) is 6. The van der Waals surface area contributed by atoms with E-state index in [2.05, 4.69) is 0 Å². The van der Waals surface area contributed by atoms with E-state index in [9.17, 15) is 0 Å². The topological polar surface area (TPSA) is 121 Å². The third-order valence-electron chi connectivity index (χ3n) is 5.92. The van der Waals surface area contributed by atoms with Gasteiger partial charge in [0.2, 0.25) is 0 Å². The minimum absolute atomic E-state index is 0.305. The quantitative estimate of drug-likeness (QED) is 0.115. The smallest absolute Gasteiger partial charge is 0.324 e. The molecule has 0 saturated heterocycles. The van der Waals surface area contributed by atoms with E-state index >= 15 is 0 Å². The first-order valence-electron chi connectivity index (χ1n) is 13.2. The second kappa shape index (κ2) is 17.8. The Morgan fingerprint density at radius 2 is 0.419 bits per heavy atom. The van der Waals surface area contributed by atoms with Crippen LogP contribution in [0.25, 0.3) is 33.4 Å². The molecule has 0 amide bonds. The number of phenols is 3. The molecule has 0 spiro atoms. The molecule has 6 nitrogen and oxygen atoms in total. The summed E-state index contributed by atoms with van der Waals surface area (Å²) in [5, 5.41) is 27.3. The second-order valence-electron chi connectivity index (χ2n) is 9.01. The van der Waals surface area contributed by atoms with Gasteiger partial charge < -0.3 is 30.0 Å². The Morgan fingerprint density at radius 3 is 0.605 bits per heavy atom. The molecule has 0 aliphatic rings. The van der Waals surface area contributed by atoms with Gasteiger partial charge in [0.15, 0.2) is 0 Å². The maximum absolute atomic E-state index is 9.10. The van der Waals surface area contributed by atoms with Crippen molar-refractivity contribution in [2.75, 3.05) is 0 Å². The molecule has 0 radical (unpaired) electrons. The van der Waals surface area contributed by atoms with Crippen molar-refractivity contribution in [3.63, 3.8) is 0 Å². The first-order chi connectivity index (χ1) is 20.8. The van der Waals surface area contributed by atoms with Gasteiger partial charge in [0.25, 0.3) is 0 Å². The molecule has 6 aromatic carbocycles. The predicted molar refractivity (Wildman–Crippen MR) is 174 cm³/mol. The van der Waals surface area contributed by atoms with Crippen LogP contribution in [0.2, 0.25) is 0 Å². The Balaban J connectivity index is 0.000000166. The zero-order valence-electron chi connectivity index (χ0n) is 23.2. The molecule has 0 fully saturated rings. The standard InChI is InChI=1S/3C12H10O.H3O3P/c3*13-12-8-6-11(7-9-12)10-4-2-1-3-5-10;1-4(2)3/h3*1-9,13H;1-3H. The summed E-state index contributed by atoms with van der Waals surface area (Å²) in [6.07, 6.45) is 0. The molecule has 6 aromatic rings. The normalized spacial score (nSPS) is 9.77. The zero-order valence-corrected chi connectivity index (χ0v) is 24.1. The first-order valence-corrected chi connectivity index (χ1v) is 14.4. The summed E-state index contributed by atoms with van der Waals surface area (Å²) in [5.74, 6) is 0.916. The maximum atomic E-state index is 9.10. The molecule has 6 rings (SSSR count). The Kier molecular flexibility index (Phi) is 13.4. The second-order valence-corrected chi connectivity index (χ2v) is 9.54. The van der Waals surface area contributed by atoms with Crippen molar-refractivity contribution in [1.82, 2.24) is 0 Å². The van der Waals surface area contributed by atoms with Gasteiger partial charge in [0.05, 0.1) is 0 Å². The Bertz CT molecular complexity index is 1380. The van der Waals surface area contributed by atoms with E-state index in [1.807, 2.05) is 127 Å². The fourth-order valence-electron chi connectivity index (χ4n) is 3.85. The van der Waals surface area contributed by atoms with E-state index in [-0.39, 0.29) is 0 Å². The first kappa shape index (κ1) is 32.5. The van der Waals surface area contributed by atoms with Gasteiger partial charge in [-0.2, -0.15) is 0 Å². The van der Waals surface area contributed by atoms with Crippen LogP contribution < -0.4 is 0 Å².